The zero-order valence-electron chi connectivity index (χ0n) is 16.7. The van der Waals surface area contributed by atoms with Gasteiger partial charge in [0, 0.05) is 39.5 Å². The summed E-state index contributed by atoms with van der Waals surface area (Å²) in [7, 11) is 1.84. The van der Waals surface area contributed by atoms with Gasteiger partial charge in [-0.2, -0.15) is 5.10 Å². The molecule has 1 aliphatic heterocycles. The molecule has 0 atom stereocenters. The number of amides is 1. The number of rotatable bonds is 4. The van der Waals surface area contributed by atoms with Gasteiger partial charge >= 0.3 is 0 Å². The van der Waals surface area contributed by atoms with Gasteiger partial charge in [-0.05, 0) is 17.5 Å². The minimum Gasteiger partial charge on any atom is -0.335 e. The van der Waals surface area contributed by atoms with Crippen LogP contribution in [0.15, 0.2) is 36.4 Å². The predicted octanol–water partition coefficient (Wildman–Crippen LogP) is 2.42. The number of carbonyl (C=O) groups excluding carboxylic acids is 1. The van der Waals surface area contributed by atoms with Crippen molar-refractivity contribution in [3.05, 3.63) is 65.0 Å². The van der Waals surface area contributed by atoms with Crippen molar-refractivity contribution >= 4 is 5.91 Å². The fourth-order valence-corrected chi connectivity index (χ4v) is 3.63. The number of benzene rings is 1. The minimum absolute atomic E-state index is 0.0326. The second kappa shape index (κ2) is 7.58. The molecule has 0 bridgehead atoms. The Bertz CT molecular complexity index is 972. The molecule has 1 aliphatic rings. The van der Waals surface area contributed by atoms with Gasteiger partial charge < -0.3 is 9.47 Å². The average molecular weight is 378 g/mol. The van der Waals surface area contributed by atoms with Gasteiger partial charge in [-0.1, -0.05) is 44.2 Å². The van der Waals surface area contributed by atoms with E-state index in [0.717, 1.165) is 23.8 Å². The van der Waals surface area contributed by atoms with Crippen LogP contribution in [0.3, 0.4) is 0 Å². The van der Waals surface area contributed by atoms with E-state index >= 15 is 0 Å². The lowest BCUT2D eigenvalue weighted by Crippen LogP contribution is -2.35. The topological polar surface area (TPSA) is 68.8 Å². The molecule has 146 valence electrons. The fourth-order valence-electron chi connectivity index (χ4n) is 3.63. The Balaban J connectivity index is 1.50. The van der Waals surface area contributed by atoms with E-state index in [1.807, 2.05) is 36.2 Å². The maximum Gasteiger partial charge on any atom is 0.272 e. The number of aromatic nitrogens is 5. The maximum absolute atomic E-state index is 13.1. The van der Waals surface area contributed by atoms with Crippen molar-refractivity contribution in [3.8, 4) is 0 Å². The Morgan fingerprint density at radius 3 is 2.61 bits per heavy atom. The highest BCUT2D eigenvalue weighted by molar-refractivity contribution is 5.92. The van der Waals surface area contributed by atoms with E-state index in [-0.39, 0.29) is 5.91 Å². The smallest absolute Gasteiger partial charge is 0.272 e. The van der Waals surface area contributed by atoms with Crippen LogP contribution in [0.5, 0.6) is 0 Å². The number of carbonyl (C=O) groups is 1. The molecule has 1 aromatic carbocycles. The number of aryl methyl sites for hydroxylation is 1. The van der Waals surface area contributed by atoms with Gasteiger partial charge in [0.2, 0.25) is 0 Å². The summed E-state index contributed by atoms with van der Waals surface area (Å²) in [5, 5.41) is 13.3. The Labute approximate surface area is 165 Å². The van der Waals surface area contributed by atoms with Crippen LogP contribution in [0, 0.1) is 0 Å². The van der Waals surface area contributed by atoms with E-state index in [2.05, 4.69) is 45.8 Å². The highest BCUT2D eigenvalue weighted by Crippen LogP contribution is 2.18. The third-order valence-corrected chi connectivity index (χ3v) is 5.30. The highest BCUT2D eigenvalue weighted by Gasteiger charge is 2.25. The van der Waals surface area contributed by atoms with Crippen LogP contribution in [-0.2, 0) is 26.4 Å². The van der Waals surface area contributed by atoms with E-state index in [1.165, 1.54) is 5.56 Å². The van der Waals surface area contributed by atoms with Crippen molar-refractivity contribution in [3.63, 3.8) is 0 Å². The molecule has 0 spiro atoms. The molecule has 3 aromatic rings. The maximum atomic E-state index is 13.1. The van der Waals surface area contributed by atoms with E-state index in [4.69, 9.17) is 0 Å². The first-order valence-electron chi connectivity index (χ1n) is 9.81. The van der Waals surface area contributed by atoms with Crippen LogP contribution in [0.1, 0.15) is 53.2 Å². The molecule has 2 aromatic heterocycles. The van der Waals surface area contributed by atoms with E-state index in [0.29, 0.717) is 37.7 Å². The van der Waals surface area contributed by atoms with Gasteiger partial charge in [-0.3, -0.25) is 9.48 Å². The summed E-state index contributed by atoms with van der Waals surface area (Å²) in [6, 6.07) is 12.2. The van der Waals surface area contributed by atoms with E-state index < -0.39 is 0 Å². The normalized spacial score (nSPS) is 14.2. The third kappa shape index (κ3) is 3.56. The van der Waals surface area contributed by atoms with E-state index in [9.17, 15) is 4.79 Å². The predicted molar refractivity (Wildman–Crippen MR) is 106 cm³/mol. The van der Waals surface area contributed by atoms with Crippen LogP contribution in [0.2, 0.25) is 0 Å². The quantitative estimate of drug-likeness (QED) is 0.699. The average Bonchev–Trinajstić information content (AvgIpc) is 3.18. The molecule has 0 saturated carbocycles. The molecule has 0 fully saturated rings. The summed E-state index contributed by atoms with van der Waals surface area (Å²) in [4.78, 5) is 15.0. The molecule has 28 heavy (non-hydrogen) atoms. The molecule has 7 heteroatoms. The summed E-state index contributed by atoms with van der Waals surface area (Å²) in [5.41, 5.74) is 2.81. The summed E-state index contributed by atoms with van der Waals surface area (Å²) >= 11 is 0. The molecule has 0 unspecified atom stereocenters. The molecule has 7 nitrogen and oxygen atoms in total. The van der Waals surface area contributed by atoms with Gasteiger partial charge in [0.15, 0.2) is 0 Å². The van der Waals surface area contributed by atoms with Gasteiger partial charge in [-0.25, -0.2) is 0 Å². The summed E-state index contributed by atoms with van der Waals surface area (Å²) in [5.74, 6) is 2.24. The van der Waals surface area contributed by atoms with Gasteiger partial charge in [-0.15, -0.1) is 10.2 Å². The number of hydrogen-bond acceptors (Lipinski definition) is 4. The lowest BCUT2D eigenvalue weighted by molar-refractivity contribution is 0.0747. The Kier molecular flexibility index (Phi) is 4.98. The highest BCUT2D eigenvalue weighted by atomic mass is 16.2. The van der Waals surface area contributed by atoms with Crippen LogP contribution in [0.4, 0.5) is 0 Å². The Morgan fingerprint density at radius 2 is 1.89 bits per heavy atom. The Morgan fingerprint density at radius 1 is 1.11 bits per heavy atom. The molecule has 0 saturated heterocycles. The monoisotopic (exact) mass is 378 g/mol. The second-order valence-electron chi connectivity index (χ2n) is 7.62. The van der Waals surface area contributed by atoms with Gasteiger partial charge in [0.25, 0.3) is 5.91 Å². The van der Waals surface area contributed by atoms with Crippen molar-refractivity contribution in [2.24, 2.45) is 7.05 Å². The molecule has 4 rings (SSSR count). The molecule has 0 aliphatic carbocycles. The van der Waals surface area contributed by atoms with Gasteiger partial charge in [0.05, 0.1) is 5.69 Å². The SMILES string of the molecule is CC(C)c1cc(C(=O)N2CCc3nnc(Cc4ccccc4)n3CC2)n(C)n1. The van der Waals surface area contributed by atoms with Crippen LogP contribution in [-0.4, -0.2) is 48.4 Å². The van der Waals surface area contributed by atoms with Crippen LogP contribution < -0.4 is 0 Å². The number of nitrogens with zero attached hydrogens (tertiary/aromatic N) is 6. The van der Waals surface area contributed by atoms with E-state index in [1.54, 1.807) is 4.68 Å². The lowest BCUT2D eigenvalue weighted by atomic mass is 10.1. The standard InChI is InChI=1S/C21H26N6O/c1-15(2)17-14-18(25(3)24-17)21(28)26-10-9-19-22-23-20(27(19)12-11-26)13-16-7-5-4-6-8-16/h4-8,14-15H,9-13H2,1-3H3. The largest absolute Gasteiger partial charge is 0.335 e. The van der Waals surface area contributed by atoms with Crippen molar-refractivity contribution < 1.29 is 4.79 Å². The molecule has 0 N–H and O–H groups in total. The van der Waals surface area contributed by atoms with Crippen LogP contribution >= 0.6 is 0 Å². The van der Waals surface area contributed by atoms with Crippen molar-refractivity contribution in [2.75, 3.05) is 13.1 Å². The first-order valence-corrected chi connectivity index (χ1v) is 9.81. The first kappa shape index (κ1) is 18.4. The zero-order valence-corrected chi connectivity index (χ0v) is 16.7. The van der Waals surface area contributed by atoms with Crippen LogP contribution in [0.25, 0.3) is 0 Å². The Hall–Kier alpha value is -2.96. The fraction of sp³-hybridized carbons (Fsp3) is 0.429. The molecular weight excluding hydrogens is 352 g/mol. The zero-order chi connectivity index (χ0) is 19.7. The molecule has 1 amide bonds. The van der Waals surface area contributed by atoms with Crippen molar-refractivity contribution in [1.29, 1.82) is 0 Å². The second-order valence-corrected chi connectivity index (χ2v) is 7.62. The minimum atomic E-state index is 0.0326. The van der Waals surface area contributed by atoms with Crippen molar-refractivity contribution in [2.45, 2.75) is 39.2 Å². The third-order valence-electron chi connectivity index (χ3n) is 5.30. The van der Waals surface area contributed by atoms with Gasteiger partial charge in [0.1, 0.15) is 17.3 Å². The summed E-state index contributed by atoms with van der Waals surface area (Å²) < 4.78 is 3.87. The molecular formula is C21H26N6O. The molecule has 3 heterocycles. The number of fused-ring (bicyclic) bond motifs is 1. The summed E-state index contributed by atoms with van der Waals surface area (Å²) in [6.45, 7) is 6.18. The van der Waals surface area contributed by atoms with Crippen molar-refractivity contribution in [1.82, 2.24) is 29.4 Å². The number of hydrogen-bond donors (Lipinski definition) is 0. The lowest BCUT2D eigenvalue weighted by Gasteiger charge is -2.20. The summed E-state index contributed by atoms with van der Waals surface area (Å²) in [6.07, 6.45) is 1.46. The first-order chi connectivity index (χ1) is 13.5. The molecule has 0 radical (unpaired) electrons.